The lowest BCUT2D eigenvalue weighted by Gasteiger charge is -2.18. The maximum absolute atomic E-state index is 3.91. The van der Waals surface area contributed by atoms with E-state index in [4.69, 9.17) is 0 Å². The summed E-state index contributed by atoms with van der Waals surface area (Å²) >= 11 is 0. The van der Waals surface area contributed by atoms with Gasteiger partial charge in [-0.15, -0.1) is 0 Å². The van der Waals surface area contributed by atoms with E-state index in [1.165, 1.54) is 38.5 Å². The average molecular weight is 141 g/mol. The minimum atomic E-state index is 0. The Labute approximate surface area is 69.2 Å². The third-order valence-electron chi connectivity index (χ3n) is 2.13. The molecule has 1 saturated carbocycles. The van der Waals surface area contributed by atoms with Crippen LogP contribution in [-0.4, -0.2) is 17.4 Å². The first-order valence-corrected chi connectivity index (χ1v) is 3.72. The van der Waals surface area contributed by atoms with Crippen LogP contribution in [0.1, 0.15) is 38.5 Å². The number of hydrogen-bond donors (Lipinski definition) is 0. The first-order chi connectivity index (χ1) is 3.93. The Balaban J connectivity index is 0.000000640. The second-order valence-electron chi connectivity index (χ2n) is 2.79. The molecule has 0 nitrogen and oxygen atoms in total. The van der Waals surface area contributed by atoms with Crippen molar-refractivity contribution in [3.63, 3.8) is 0 Å². The topological polar surface area (TPSA) is 0 Å². The van der Waals surface area contributed by atoms with Gasteiger partial charge >= 0.3 is 0 Å². The van der Waals surface area contributed by atoms with Crippen LogP contribution in [0.15, 0.2) is 0 Å². The fraction of sp³-hybridized carbons (Fsp3) is 0.875. The minimum Gasteiger partial charge on any atom is -0.0533 e. The van der Waals surface area contributed by atoms with Crippen LogP contribution in [0, 0.1) is 12.8 Å². The highest BCUT2D eigenvalue weighted by atomic mass is 27.0. The van der Waals surface area contributed by atoms with Crippen LogP contribution in [0.25, 0.3) is 0 Å². The summed E-state index contributed by atoms with van der Waals surface area (Å²) in [6.45, 7) is 3.91. The molecule has 0 aliphatic heterocycles. The molecule has 0 aromatic carbocycles. The molecule has 1 radical (unpaired) electrons. The summed E-state index contributed by atoms with van der Waals surface area (Å²) in [6, 6.07) is 0. The van der Waals surface area contributed by atoms with E-state index < -0.39 is 0 Å². The Morgan fingerprint density at radius 3 is 2.00 bits per heavy atom. The predicted molar refractivity (Wildman–Crippen MR) is 46.5 cm³/mol. The Hall–Kier alpha value is 0.532. The second-order valence-corrected chi connectivity index (χ2v) is 2.79. The molecule has 0 saturated heterocycles. The van der Waals surface area contributed by atoms with Gasteiger partial charge in [0, 0.05) is 0 Å². The zero-order chi connectivity index (χ0) is 5.82. The molecule has 0 N–H and O–H groups in total. The van der Waals surface area contributed by atoms with Crippen LogP contribution in [0.4, 0.5) is 0 Å². The molecule has 0 bridgehead atoms. The quantitative estimate of drug-likeness (QED) is 0.487. The number of rotatable bonds is 1. The highest BCUT2D eigenvalue weighted by molar-refractivity contribution is 5.75. The predicted octanol–water partition coefficient (Wildman–Crippen LogP) is 1.61. The molecule has 0 aromatic rings. The Bertz CT molecular complexity index is 55.6. The van der Waals surface area contributed by atoms with Gasteiger partial charge in [-0.05, 0) is 5.92 Å². The van der Waals surface area contributed by atoms with Crippen molar-refractivity contribution in [2.75, 3.05) is 0 Å². The SMILES string of the molecule is [AlH3].[CH2]CC1CCCCC1. The van der Waals surface area contributed by atoms with Gasteiger partial charge in [-0.25, -0.2) is 0 Å². The normalized spacial score (nSPS) is 21.0. The lowest BCUT2D eigenvalue weighted by molar-refractivity contribution is 0.360. The lowest BCUT2D eigenvalue weighted by atomic mass is 9.88. The van der Waals surface area contributed by atoms with Crippen LogP contribution in [0.3, 0.4) is 0 Å². The third kappa shape index (κ3) is 3.28. The fourth-order valence-corrected chi connectivity index (χ4v) is 1.48. The van der Waals surface area contributed by atoms with Crippen LogP contribution < -0.4 is 0 Å². The minimum absolute atomic E-state index is 0. The molecule has 53 valence electrons. The summed E-state index contributed by atoms with van der Waals surface area (Å²) in [6.07, 6.45) is 8.45. The molecule has 1 aliphatic rings. The van der Waals surface area contributed by atoms with E-state index in [-0.39, 0.29) is 17.4 Å². The standard InChI is InChI=1S/C8H15.Al.3H/c1-2-8-6-4-3-5-7-8;;;;/h8H,1-7H2;;;;. The van der Waals surface area contributed by atoms with Crippen LogP contribution in [0.5, 0.6) is 0 Å². The third-order valence-corrected chi connectivity index (χ3v) is 2.13. The van der Waals surface area contributed by atoms with Gasteiger partial charge in [-0.3, -0.25) is 0 Å². The van der Waals surface area contributed by atoms with Gasteiger partial charge in [-0.1, -0.05) is 45.4 Å². The van der Waals surface area contributed by atoms with E-state index >= 15 is 0 Å². The van der Waals surface area contributed by atoms with E-state index in [9.17, 15) is 0 Å². The van der Waals surface area contributed by atoms with Crippen molar-refractivity contribution < 1.29 is 0 Å². The second kappa shape index (κ2) is 5.33. The summed E-state index contributed by atoms with van der Waals surface area (Å²) in [5.41, 5.74) is 0. The molecule has 0 amide bonds. The fourth-order valence-electron chi connectivity index (χ4n) is 1.48. The first-order valence-electron chi connectivity index (χ1n) is 3.72. The van der Waals surface area contributed by atoms with E-state index in [1.807, 2.05) is 0 Å². The molecule has 0 aromatic heterocycles. The summed E-state index contributed by atoms with van der Waals surface area (Å²) in [5.74, 6) is 0.976. The zero-order valence-corrected chi connectivity index (χ0v) is 5.53. The molecular weight excluding hydrogens is 123 g/mol. The molecule has 1 rings (SSSR count). The maximum Gasteiger partial charge on any atom is 0.187 e. The lowest BCUT2D eigenvalue weighted by Crippen LogP contribution is -2.03. The molecule has 1 fully saturated rings. The summed E-state index contributed by atoms with van der Waals surface area (Å²) in [5, 5.41) is 0. The van der Waals surface area contributed by atoms with Gasteiger partial charge in [0.2, 0.25) is 0 Å². The van der Waals surface area contributed by atoms with Crippen molar-refractivity contribution in [2.24, 2.45) is 5.92 Å². The van der Waals surface area contributed by atoms with Crippen molar-refractivity contribution >= 4 is 17.4 Å². The summed E-state index contributed by atoms with van der Waals surface area (Å²) in [4.78, 5) is 0. The zero-order valence-electron chi connectivity index (χ0n) is 5.53. The Kier molecular flexibility index (Phi) is 5.64. The van der Waals surface area contributed by atoms with Crippen LogP contribution in [-0.2, 0) is 0 Å². The summed E-state index contributed by atoms with van der Waals surface area (Å²) in [7, 11) is 0. The van der Waals surface area contributed by atoms with Gasteiger partial charge < -0.3 is 0 Å². The van der Waals surface area contributed by atoms with E-state index in [0.717, 1.165) is 5.92 Å². The van der Waals surface area contributed by atoms with Crippen molar-refractivity contribution in [1.82, 2.24) is 0 Å². The van der Waals surface area contributed by atoms with E-state index in [0.29, 0.717) is 0 Å². The molecule has 9 heavy (non-hydrogen) atoms. The van der Waals surface area contributed by atoms with Crippen molar-refractivity contribution in [3.05, 3.63) is 6.92 Å². The van der Waals surface area contributed by atoms with E-state index in [2.05, 4.69) is 6.92 Å². The van der Waals surface area contributed by atoms with Crippen molar-refractivity contribution in [1.29, 1.82) is 0 Å². The van der Waals surface area contributed by atoms with E-state index in [1.54, 1.807) is 0 Å². The highest BCUT2D eigenvalue weighted by Crippen LogP contribution is 2.25. The monoisotopic (exact) mass is 141 g/mol. The molecule has 1 aliphatic carbocycles. The van der Waals surface area contributed by atoms with Crippen molar-refractivity contribution in [2.45, 2.75) is 38.5 Å². The van der Waals surface area contributed by atoms with Gasteiger partial charge in [0.15, 0.2) is 17.4 Å². The molecule has 0 atom stereocenters. The molecule has 0 unspecified atom stereocenters. The molecular formula is C8H18Al. The Morgan fingerprint density at radius 1 is 1.11 bits per heavy atom. The Morgan fingerprint density at radius 2 is 1.67 bits per heavy atom. The van der Waals surface area contributed by atoms with Crippen LogP contribution in [0.2, 0.25) is 0 Å². The van der Waals surface area contributed by atoms with Gasteiger partial charge in [-0.2, -0.15) is 0 Å². The largest absolute Gasteiger partial charge is 0.187 e. The number of hydrogen-bond acceptors (Lipinski definition) is 0. The average Bonchev–Trinajstić information content (AvgIpc) is 1.90. The van der Waals surface area contributed by atoms with Crippen molar-refractivity contribution in [3.8, 4) is 0 Å². The molecule has 0 spiro atoms. The highest BCUT2D eigenvalue weighted by Gasteiger charge is 2.09. The van der Waals surface area contributed by atoms with Gasteiger partial charge in [0.05, 0.1) is 0 Å². The summed E-state index contributed by atoms with van der Waals surface area (Å²) < 4.78 is 0. The maximum atomic E-state index is 3.91. The van der Waals surface area contributed by atoms with Gasteiger partial charge in [0.25, 0.3) is 0 Å². The molecule has 1 heteroatoms. The first kappa shape index (κ1) is 9.53. The molecule has 0 heterocycles. The van der Waals surface area contributed by atoms with Gasteiger partial charge in [0.1, 0.15) is 0 Å². The van der Waals surface area contributed by atoms with Crippen LogP contribution >= 0.6 is 0 Å². The smallest absolute Gasteiger partial charge is 0.0533 e.